The SMILES string of the molecule is NCC(Cc1ccccc1)Nc1ccncc1Cl. The lowest BCUT2D eigenvalue weighted by Crippen LogP contribution is -2.31. The molecule has 1 aromatic carbocycles. The highest BCUT2D eigenvalue weighted by atomic mass is 35.5. The van der Waals surface area contributed by atoms with Crippen molar-refractivity contribution in [2.75, 3.05) is 11.9 Å². The van der Waals surface area contributed by atoms with Gasteiger partial charge in [0.15, 0.2) is 0 Å². The summed E-state index contributed by atoms with van der Waals surface area (Å²) in [6.45, 7) is 0.549. The summed E-state index contributed by atoms with van der Waals surface area (Å²) >= 11 is 6.06. The second-order valence-corrected chi connectivity index (χ2v) is 4.53. The number of aromatic nitrogens is 1. The number of pyridine rings is 1. The smallest absolute Gasteiger partial charge is 0.0820 e. The molecular formula is C14H16ClN3. The maximum atomic E-state index is 6.06. The molecule has 0 bridgehead atoms. The Morgan fingerprint density at radius 2 is 2.00 bits per heavy atom. The topological polar surface area (TPSA) is 50.9 Å². The molecule has 1 atom stereocenters. The Morgan fingerprint density at radius 1 is 1.22 bits per heavy atom. The van der Waals surface area contributed by atoms with E-state index in [0.29, 0.717) is 11.6 Å². The number of halogens is 1. The summed E-state index contributed by atoms with van der Waals surface area (Å²) in [7, 11) is 0. The molecule has 0 aliphatic rings. The Balaban J connectivity index is 2.04. The van der Waals surface area contributed by atoms with Crippen LogP contribution in [0.5, 0.6) is 0 Å². The van der Waals surface area contributed by atoms with Gasteiger partial charge in [-0.1, -0.05) is 41.9 Å². The van der Waals surface area contributed by atoms with Crippen LogP contribution < -0.4 is 11.1 Å². The average Bonchev–Trinajstić information content (AvgIpc) is 2.41. The number of nitrogens with two attached hydrogens (primary N) is 1. The van der Waals surface area contributed by atoms with E-state index in [-0.39, 0.29) is 6.04 Å². The summed E-state index contributed by atoms with van der Waals surface area (Å²) in [6, 6.07) is 12.3. The molecule has 3 nitrogen and oxygen atoms in total. The number of nitrogens with zero attached hydrogens (tertiary/aromatic N) is 1. The quantitative estimate of drug-likeness (QED) is 0.870. The van der Waals surface area contributed by atoms with E-state index >= 15 is 0 Å². The van der Waals surface area contributed by atoms with Crippen LogP contribution in [0.3, 0.4) is 0 Å². The first-order valence-corrected chi connectivity index (χ1v) is 6.27. The predicted molar refractivity (Wildman–Crippen MR) is 75.9 cm³/mol. The van der Waals surface area contributed by atoms with Crippen LogP contribution in [0.25, 0.3) is 0 Å². The minimum atomic E-state index is 0.160. The van der Waals surface area contributed by atoms with Gasteiger partial charge in [0.25, 0.3) is 0 Å². The first-order chi connectivity index (χ1) is 8.79. The fourth-order valence-corrected chi connectivity index (χ4v) is 1.98. The van der Waals surface area contributed by atoms with Gasteiger partial charge in [0, 0.05) is 25.0 Å². The zero-order valence-electron chi connectivity index (χ0n) is 10.0. The third-order valence-electron chi connectivity index (χ3n) is 2.74. The van der Waals surface area contributed by atoms with Gasteiger partial charge in [0.05, 0.1) is 10.7 Å². The van der Waals surface area contributed by atoms with Gasteiger partial charge in [0.1, 0.15) is 0 Å². The van der Waals surface area contributed by atoms with Gasteiger partial charge in [-0.3, -0.25) is 4.98 Å². The minimum absolute atomic E-state index is 0.160. The van der Waals surface area contributed by atoms with E-state index < -0.39 is 0 Å². The van der Waals surface area contributed by atoms with Gasteiger partial charge in [-0.15, -0.1) is 0 Å². The van der Waals surface area contributed by atoms with Crippen LogP contribution in [0.1, 0.15) is 5.56 Å². The normalized spacial score (nSPS) is 12.1. The van der Waals surface area contributed by atoms with Crippen molar-refractivity contribution in [2.24, 2.45) is 5.73 Å². The number of anilines is 1. The van der Waals surface area contributed by atoms with Crippen molar-refractivity contribution in [3.63, 3.8) is 0 Å². The Bertz CT molecular complexity index is 487. The molecule has 0 amide bonds. The van der Waals surface area contributed by atoms with E-state index in [2.05, 4.69) is 22.4 Å². The van der Waals surface area contributed by atoms with E-state index in [1.807, 2.05) is 24.3 Å². The van der Waals surface area contributed by atoms with E-state index in [0.717, 1.165) is 12.1 Å². The first-order valence-electron chi connectivity index (χ1n) is 5.89. The maximum Gasteiger partial charge on any atom is 0.0820 e. The van der Waals surface area contributed by atoms with Gasteiger partial charge in [-0.25, -0.2) is 0 Å². The van der Waals surface area contributed by atoms with Gasteiger partial charge in [-0.2, -0.15) is 0 Å². The lowest BCUT2D eigenvalue weighted by Gasteiger charge is -2.18. The summed E-state index contributed by atoms with van der Waals surface area (Å²) in [4.78, 5) is 3.96. The first kappa shape index (κ1) is 12.9. The fourth-order valence-electron chi connectivity index (χ4n) is 1.80. The average molecular weight is 262 g/mol. The van der Waals surface area contributed by atoms with Gasteiger partial charge in [-0.05, 0) is 18.1 Å². The summed E-state index contributed by atoms with van der Waals surface area (Å²) in [6.07, 6.45) is 4.21. The van der Waals surface area contributed by atoms with Crippen LogP contribution in [0.2, 0.25) is 5.02 Å². The molecule has 2 rings (SSSR count). The molecular weight excluding hydrogens is 246 g/mol. The highest BCUT2D eigenvalue weighted by Gasteiger charge is 2.09. The van der Waals surface area contributed by atoms with Crippen molar-refractivity contribution < 1.29 is 0 Å². The standard InChI is InChI=1S/C14H16ClN3/c15-13-10-17-7-6-14(13)18-12(9-16)8-11-4-2-1-3-5-11/h1-7,10,12H,8-9,16H2,(H,17,18). The molecule has 0 saturated carbocycles. The number of hydrogen-bond donors (Lipinski definition) is 2. The molecule has 94 valence electrons. The summed E-state index contributed by atoms with van der Waals surface area (Å²) in [5, 5.41) is 3.96. The molecule has 0 spiro atoms. The van der Waals surface area contributed by atoms with Crippen molar-refractivity contribution in [3.05, 3.63) is 59.4 Å². The summed E-state index contributed by atoms with van der Waals surface area (Å²) in [5.74, 6) is 0. The van der Waals surface area contributed by atoms with E-state index in [4.69, 9.17) is 17.3 Å². The van der Waals surface area contributed by atoms with Crippen molar-refractivity contribution >= 4 is 17.3 Å². The Labute approximate surface area is 112 Å². The Kier molecular flexibility index (Phi) is 4.56. The molecule has 1 aromatic heterocycles. The largest absolute Gasteiger partial charge is 0.379 e. The van der Waals surface area contributed by atoms with Crippen LogP contribution in [0.4, 0.5) is 5.69 Å². The number of hydrogen-bond acceptors (Lipinski definition) is 3. The van der Waals surface area contributed by atoms with E-state index in [1.165, 1.54) is 5.56 Å². The zero-order chi connectivity index (χ0) is 12.8. The van der Waals surface area contributed by atoms with Crippen molar-refractivity contribution in [1.82, 2.24) is 4.98 Å². The molecule has 1 unspecified atom stereocenters. The third kappa shape index (κ3) is 3.45. The highest BCUT2D eigenvalue weighted by molar-refractivity contribution is 6.33. The second-order valence-electron chi connectivity index (χ2n) is 4.12. The summed E-state index contributed by atoms with van der Waals surface area (Å²) in [5.41, 5.74) is 7.93. The summed E-state index contributed by atoms with van der Waals surface area (Å²) < 4.78 is 0. The van der Waals surface area contributed by atoms with Crippen LogP contribution in [0, 0.1) is 0 Å². The van der Waals surface area contributed by atoms with Crippen molar-refractivity contribution in [3.8, 4) is 0 Å². The van der Waals surface area contributed by atoms with Crippen LogP contribution in [0.15, 0.2) is 48.8 Å². The minimum Gasteiger partial charge on any atom is -0.379 e. The van der Waals surface area contributed by atoms with E-state index in [1.54, 1.807) is 12.4 Å². The van der Waals surface area contributed by atoms with Crippen molar-refractivity contribution in [2.45, 2.75) is 12.5 Å². The lowest BCUT2D eigenvalue weighted by atomic mass is 10.1. The molecule has 1 heterocycles. The molecule has 3 N–H and O–H groups in total. The molecule has 18 heavy (non-hydrogen) atoms. The lowest BCUT2D eigenvalue weighted by molar-refractivity contribution is 0.724. The zero-order valence-corrected chi connectivity index (χ0v) is 10.8. The second kappa shape index (κ2) is 6.38. The highest BCUT2D eigenvalue weighted by Crippen LogP contribution is 2.20. The molecule has 0 aliphatic carbocycles. The van der Waals surface area contributed by atoms with Crippen molar-refractivity contribution in [1.29, 1.82) is 0 Å². The maximum absolute atomic E-state index is 6.06. The van der Waals surface area contributed by atoms with Crippen LogP contribution in [-0.2, 0) is 6.42 Å². The number of benzene rings is 1. The van der Waals surface area contributed by atoms with Gasteiger partial charge < -0.3 is 11.1 Å². The molecule has 0 aliphatic heterocycles. The fraction of sp³-hybridized carbons (Fsp3) is 0.214. The molecule has 0 saturated heterocycles. The Morgan fingerprint density at radius 3 is 2.67 bits per heavy atom. The molecule has 2 aromatic rings. The Hall–Kier alpha value is -1.58. The number of rotatable bonds is 5. The monoisotopic (exact) mass is 261 g/mol. The van der Waals surface area contributed by atoms with Gasteiger partial charge >= 0.3 is 0 Å². The third-order valence-corrected chi connectivity index (χ3v) is 3.04. The molecule has 0 radical (unpaired) electrons. The van der Waals surface area contributed by atoms with E-state index in [9.17, 15) is 0 Å². The molecule has 0 fully saturated rings. The number of nitrogens with one attached hydrogen (secondary N) is 1. The van der Waals surface area contributed by atoms with Crippen LogP contribution >= 0.6 is 11.6 Å². The van der Waals surface area contributed by atoms with Crippen LogP contribution in [-0.4, -0.2) is 17.6 Å². The predicted octanol–water partition coefficient (Wildman–Crippen LogP) is 2.72. The van der Waals surface area contributed by atoms with Gasteiger partial charge in [0.2, 0.25) is 0 Å². The molecule has 4 heteroatoms.